The van der Waals surface area contributed by atoms with Gasteiger partial charge in [0.05, 0.1) is 6.61 Å². The minimum atomic E-state index is 0.312. The van der Waals surface area contributed by atoms with Gasteiger partial charge in [0, 0.05) is 23.2 Å². The summed E-state index contributed by atoms with van der Waals surface area (Å²) in [6.07, 6.45) is 2.59. The first kappa shape index (κ1) is 14.6. The fourth-order valence-electron chi connectivity index (χ4n) is 1.75. The Morgan fingerprint density at radius 2 is 2.16 bits per heavy atom. The third kappa shape index (κ3) is 5.39. The predicted octanol–water partition coefficient (Wildman–Crippen LogP) is 3.60. The number of nitrogens with one attached hydrogen (secondary N) is 1. The van der Waals surface area contributed by atoms with Gasteiger partial charge in [0.2, 0.25) is 0 Å². The number of hydrogen-bond donors (Lipinski definition) is 1. The van der Waals surface area contributed by atoms with Crippen molar-refractivity contribution in [1.82, 2.24) is 5.32 Å². The van der Waals surface area contributed by atoms with Crippen LogP contribution in [0, 0.1) is 5.92 Å². The molecule has 1 aromatic carbocycles. The Balaban J connectivity index is 1.85. The van der Waals surface area contributed by atoms with Crippen LogP contribution in [0.3, 0.4) is 0 Å². The van der Waals surface area contributed by atoms with Crippen LogP contribution in [0.2, 0.25) is 5.02 Å². The molecule has 0 aliphatic heterocycles. The highest BCUT2D eigenvalue weighted by Gasteiger charge is 2.21. The van der Waals surface area contributed by atoms with E-state index in [0.717, 1.165) is 35.4 Å². The van der Waals surface area contributed by atoms with Gasteiger partial charge in [-0.15, -0.1) is 0 Å². The molecule has 0 aromatic heterocycles. The molecule has 0 spiro atoms. The van der Waals surface area contributed by atoms with E-state index in [-0.39, 0.29) is 0 Å². The van der Waals surface area contributed by atoms with Crippen LogP contribution in [-0.4, -0.2) is 19.4 Å². The quantitative estimate of drug-likeness (QED) is 0.584. The average Bonchev–Trinajstić information content (AvgIpc) is 3.18. The third-order valence-electron chi connectivity index (χ3n) is 3.07. The first-order valence-electron chi connectivity index (χ1n) is 6.87. The maximum atomic E-state index is 6.03. The van der Waals surface area contributed by atoms with Crippen molar-refractivity contribution >= 4 is 11.6 Å². The van der Waals surface area contributed by atoms with Crippen molar-refractivity contribution in [2.75, 3.05) is 13.4 Å². The van der Waals surface area contributed by atoms with E-state index in [1.165, 1.54) is 12.8 Å². The number of ether oxygens (including phenoxy) is 2. The normalized spacial score (nSPS) is 14.9. The second-order valence-corrected chi connectivity index (χ2v) is 5.80. The van der Waals surface area contributed by atoms with Crippen molar-refractivity contribution in [1.29, 1.82) is 0 Å². The van der Waals surface area contributed by atoms with Crippen molar-refractivity contribution in [3.8, 4) is 5.75 Å². The van der Waals surface area contributed by atoms with E-state index < -0.39 is 0 Å². The highest BCUT2D eigenvalue weighted by Crippen LogP contribution is 2.29. The second kappa shape index (κ2) is 7.13. The molecular weight excluding hydrogens is 262 g/mol. The van der Waals surface area contributed by atoms with Crippen LogP contribution < -0.4 is 10.1 Å². The van der Waals surface area contributed by atoms with Crippen LogP contribution in [0.15, 0.2) is 18.2 Å². The monoisotopic (exact) mass is 283 g/mol. The van der Waals surface area contributed by atoms with Gasteiger partial charge in [0.1, 0.15) is 5.75 Å². The number of rotatable bonds is 8. The topological polar surface area (TPSA) is 30.5 Å². The molecule has 0 amide bonds. The Kier molecular flexibility index (Phi) is 5.49. The van der Waals surface area contributed by atoms with Crippen molar-refractivity contribution in [2.24, 2.45) is 5.92 Å². The van der Waals surface area contributed by atoms with Crippen molar-refractivity contribution < 1.29 is 9.47 Å². The van der Waals surface area contributed by atoms with Gasteiger partial charge in [-0.05, 0) is 37.0 Å². The molecule has 0 unspecified atom stereocenters. The van der Waals surface area contributed by atoms with E-state index in [0.29, 0.717) is 12.8 Å². The minimum Gasteiger partial charge on any atom is -0.467 e. The van der Waals surface area contributed by atoms with Gasteiger partial charge in [0.25, 0.3) is 0 Å². The standard InChI is InChI=1S/C15H22ClNO2/c1-11(2)17-8-13-7-14(16)5-6-15(13)19-10-18-9-12-3-4-12/h5-7,11-12,17H,3-4,8-10H2,1-2H3. The summed E-state index contributed by atoms with van der Waals surface area (Å²) >= 11 is 6.03. The van der Waals surface area contributed by atoms with Crippen LogP contribution in [-0.2, 0) is 11.3 Å². The van der Waals surface area contributed by atoms with E-state index in [1.807, 2.05) is 18.2 Å². The fourth-order valence-corrected chi connectivity index (χ4v) is 1.94. The zero-order valence-corrected chi connectivity index (χ0v) is 12.4. The lowest BCUT2D eigenvalue weighted by atomic mass is 10.2. The zero-order chi connectivity index (χ0) is 13.7. The predicted molar refractivity (Wildman–Crippen MR) is 77.6 cm³/mol. The van der Waals surface area contributed by atoms with Gasteiger partial charge in [-0.25, -0.2) is 0 Å². The molecule has 0 heterocycles. The lowest BCUT2D eigenvalue weighted by Crippen LogP contribution is -2.22. The summed E-state index contributed by atoms with van der Waals surface area (Å²) in [5.74, 6) is 1.60. The van der Waals surface area contributed by atoms with Crippen LogP contribution in [0.4, 0.5) is 0 Å². The van der Waals surface area contributed by atoms with Gasteiger partial charge in [-0.2, -0.15) is 0 Å². The molecule has 1 aromatic rings. The van der Waals surface area contributed by atoms with Crippen LogP contribution in [0.5, 0.6) is 5.75 Å². The van der Waals surface area contributed by atoms with Crippen LogP contribution >= 0.6 is 11.6 Å². The summed E-state index contributed by atoms with van der Waals surface area (Å²) in [5.41, 5.74) is 1.07. The summed E-state index contributed by atoms with van der Waals surface area (Å²) in [6.45, 7) is 6.10. The molecular formula is C15H22ClNO2. The summed E-state index contributed by atoms with van der Waals surface area (Å²) in [4.78, 5) is 0. The molecule has 0 radical (unpaired) electrons. The Hall–Kier alpha value is -0.770. The van der Waals surface area contributed by atoms with Gasteiger partial charge >= 0.3 is 0 Å². The molecule has 1 N–H and O–H groups in total. The lowest BCUT2D eigenvalue weighted by Gasteiger charge is -2.14. The maximum absolute atomic E-state index is 6.03. The highest BCUT2D eigenvalue weighted by atomic mass is 35.5. The average molecular weight is 284 g/mol. The van der Waals surface area contributed by atoms with Crippen LogP contribution in [0.25, 0.3) is 0 Å². The van der Waals surface area contributed by atoms with E-state index in [1.54, 1.807) is 0 Å². The third-order valence-corrected chi connectivity index (χ3v) is 3.31. The summed E-state index contributed by atoms with van der Waals surface area (Å²) in [5, 5.41) is 4.10. The molecule has 3 nitrogen and oxygen atoms in total. The molecule has 1 saturated carbocycles. The first-order valence-corrected chi connectivity index (χ1v) is 7.25. The Bertz CT molecular complexity index is 405. The van der Waals surface area contributed by atoms with Gasteiger partial charge in [-0.1, -0.05) is 25.4 Å². The Morgan fingerprint density at radius 1 is 1.37 bits per heavy atom. The first-order chi connectivity index (χ1) is 9.15. The lowest BCUT2D eigenvalue weighted by molar-refractivity contribution is 0.00941. The van der Waals surface area contributed by atoms with Crippen molar-refractivity contribution in [3.63, 3.8) is 0 Å². The molecule has 2 rings (SSSR count). The molecule has 1 fully saturated rings. The minimum absolute atomic E-state index is 0.312. The van der Waals surface area contributed by atoms with E-state index >= 15 is 0 Å². The number of benzene rings is 1. The summed E-state index contributed by atoms with van der Waals surface area (Å²) < 4.78 is 11.2. The molecule has 0 atom stereocenters. The maximum Gasteiger partial charge on any atom is 0.189 e. The SMILES string of the molecule is CC(C)NCc1cc(Cl)ccc1OCOCC1CC1. The molecule has 1 aliphatic carbocycles. The summed E-state index contributed by atoms with van der Waals surface area (Å²) in [6, 6.07) is 6.11. The molecule has 106 valence electrons. The number of halogens is 1. The molecule has 4 heteroatoms. The van der Waals surface area contributed by atoms with Gasteiger partial charge in [0.15, 0.2) is 6.79 Å². The fraction of sp³-hybridized carbons (Fsp3) is 0.600. The highest BCUT2D eigenvalue weighted by molar-refractivity contribution is 6.30. The van der Waals surface area contributed by atoms with Gasteiger partial charge < -0.3 is 14.8 Å². The summed E-state index contributed by atoms with van der Waals surface area (Å²) in [7, 11) is 0. The molecule has 1 aliphatic rings. The van der Waals surface area contributed by atoms with E-state index in [2.05, 4.69) is 19.2 Å². The number of hydrogen-bond acceptors (Lipinski definition) is 3. The molecule has 0 saturated heterocycles. The largest absolute Gasteiger partial charge is 0.467 e. The Labute approximate surface area is 120 Å². The molecule has 19 heavy (non-hydrogen) atoms. The van der Waals surface area contributed by atoms with Crippen molar-refractivity contribution in [2.45, 2.75) is 39.3 Å². The molecule has 0 bridgehead atoms. The van der Waals surface area contributed by atoms with Gasteiger partial charge in [-0.3, -0.25) is 0 Å². The zero-order valence-electron chi connectivity index (χ0n) is 11.6. The Morgan fingerprint density at radius 3 is 2.84 bits per heavy atom. The van der Waals surface area contributed by atoms with Crippen molar-refractivity contribution in [3.05, 3.63) is 28.8 Å². The van der Waals surface area contributed by atoms with Crippen LogP contribution in [0.1, 0.15) is 32.3 Å². The van der Waals surface area contributed by atoms with E-state index in [4.69, 9.17) is 21.1 Å². The smallest absolute Gasteiger partial charge is 0.189 e. The second-order valence-electron chi connectivity index (χ2n) is 5.36. The van der Waals surface area contributed by atoms with E-state index in [9.17, 15) is 0 Å².